The summed E-state index contributed by atoms with van der Waals surface area (Å²) in [6, 6.07) is 0. The average molecular weight is 1270 g/mol. The van der Waals surface area contributed by atoms with Gasteiger partial charge >= 0.3 is 39.5 Å². The maximum Gasteiger partial charge on any atom is 0.472 e. The van der Waals surface area contributed by atoms with Crippen LogP contribution in [0.15, 0.2) is 0 Å². The summed E-state index contributed by atoms with van der Waals surface area (Å²) in [6.45, 7) is 14.0. The monoisotopic (exact) mass is 1270 g/mol. The van der Waals surface area contributed by atoms with Crippen molar-refractivity contribution in [3.05, 3.63) is 0 Å². The Hall–Kier alpha value is -1.94. The van der Waals surface area contributed by atoms with Crippen LogP contribution in [0.1, 0.15) is 325 Å². The summed E-state index contributed by atoms with van der Waals surface area (Å²) in [6.07, 6.45) is 37.8. The van der Waals surface area contributed by atoms with Gasteiger partial charge in [-0.2, -0.15) is 0 Å². The third-order valence-corrected chi connectivity index (χ3v) is 17.6. The molecule has 0 saturated carbocycles. The molecule has 3 unspecified atom stereocenters. The maximum absolute atomic E-state index is 13.0. The van der Waals surface area contributed by atoms with Crippen molar-refractivity contribution in [3.8, 4) is 0 Å². The molecule has 0 radical (unpaired) electrons. The molecule has 0 aromatic rings. The van der Waals surface area contributed by atoms with Gasteiger partial charge in [-0.25, -0.2) is 9.13 Å². The van der Waals surface area contributed by atoms with E-state index in [1.54, 1.807) is 0 Å². The first-order valence-corrected chi connectivity index (χ1v) is 37.7. The van der Waals surface area contributed by atoms with E-state index in [0.29, 0.717) is 31.6 Å². The molecule has 0 saturated heterocycles. The number of carbonyl (C=O) groups excluding carboxylic acids is 4. The summed E-state index contributed by atoms with van der Waals surface area (Å²) in [5.74, 6) is 0.774. The van der Waals surface area contributed by atoms with E-state index in [1.807, 2.05) is 0 Å². The minimum absolute atomic E-state index is 0.101. The Morgan fingerprint density at radius 1 is 0.326 bits per heavy atom. The smallest absolute Gasteiger partial charge is 0.462 e. The molecule has 17 nitrogen and oxygen atoms in total. The van der Waals surface area contributed by atoms with Crippen molar-refractivity contribution in [1.82, 2.24) is 0 Å². The number of ether oxygens (including phenoxy) is 4. The number of esters is 4. The molecule has 0 rings (SSSR count). The molecule has 0 aliphatic carbocycles. The molecule has 0 amide bonds. The second kappa shape index (κ2) is 57.0. The second-order valence-corrected chi connectivity index (χ2v) is 28.8. The highest BCUT2D eigenvalue weighted by atomic mass is 31.2. The first-order chi connectivity index (χ1) is 41.1. The van der Waals surface area contributed by atoms with Gasteiger partial charge in [0.2, 0.25) is 0 Å². The number of aliphatic hydroxyl groups is 1. The van der Waals surface area contributed by atoms with E-state index in [2.05, 4.69) is 55.4 Å². The predicted octanol–water partition coefficient (Wildman–Crippen LogP) is 18.5. The largest absolute Gasteiger partial charge is 0.472 e. The van der Waals surface area contributed by atoms with Crippen molar-refractivity contribution < 1.29 is 80.2 Å². The summed E-state index contributed by atoms with van der Waals surface area (Å²) < 4.78 is 68.1. The molecule has 510 valence electrons. The third-order valence-electron chi connectivity index (χ3n) is 15.7. The van der Waals surface area contributed by atoms with Gasteiger partial charge in [0.15, 0.2) is 12.2 Å². The van der Waals surface area contributed by atoms with Gasteiger partial charge in [-0.15, -0.1) is 0 Å². The van der Waals surface area contributed by atoms with Crippen LogP contribution in [0.25, 0.3) is 0 Å². The molecule has 0 fully saturated rings. The zero-order valence-electron chi connectivity index (χ0n) is 55.9. The highest BCUT2D eigenvalue weighted by molar-refractivity contribution is 7.47. The number of carbonyl (C=O) groups is 4. The lowest BCUT2D eigenvalue weighted by Gasteiger charge is -2.21. The van der Waals surface area contributed by atoms with Gasteiger partial charge in [0, 0.05) is 25.7 Å². The molecule has 6 atom stereocenters. The number of unbranched alkanes of at least 4 members (excludes halogenated alkanes) is 29. The third kappa shape index (κ3) is 59.7. The Balaban J connectivity index is 5.23. The normalized spacial score (nSPS) is 14.7. The number of rotatable bonds is 64. The molecule has 0 spiro atoms. The van der Waals surface area contributed by atoms with Crippen molar-refractivity contribution in [3.63, 3.8) is 0 Å². The summed E-state index contributed by atoms with van der Waals surface area (Å²) in [5, 5.41) is 10.6. The van der Waals surface area contributed by atoms with Gasteiger partial charge in [-0.3, -0.25) is 37.3 Å². The molecule has 0 bridgehead atoms. The van der Waals surface area contributed by atoms with Crippen molar-refractivity contribution in [2.24, 2.45) is 23.7 Å². The Bertz CT molecular complexity index is 1720. The van der Waals surface area contributed by atoms with Gasteiger partial charge in [0.25, 0.3) is 0 Å². The van der Waals surface area contributed by atoms with Gasteiger partial charge in [0.05, 0.1) is 26.4 Å². The van der Waals surface area contributed by atoms with Crippen molar-refractivity contribution in [1.29, 1.82) is 0 Å². The molecule has 3 N–H and O–H groups in total. The van der Waals surface area contributed by atoms with E-state index in [4.69, 9.17) is 37.0 Å². The molecule has 86 heavy (non-hydrogen) atoms. The Labute approximate surface area is 524 Å². The van der Waals surface area contributed by atoms with Crippen LogP contribution in [0.2, 0.25) is 0 Å². The van der Waals surface area contributed by atoms with Crippen LogP contribution >= 0.6 is 15.6 Å². The van der Waals surface area contributed by atoms with Gasteiger partial charge in [-0.05, 0) is 49.4 Å². The standard InChI is InChI=1S/C67H130O17P2/c1-9-60(8)46-38-30-24-26-32-40-48-65(70)78-54-62(83-66(71)49-41-33-22-16-14-12-10-11-13-15-19-27-35-43-57(2)3)55-81-85(73,74)79-51-61(68)52-80-86(75,76)82-56-63(84-67(72)50-42-34-25-23-29-37-45-59(6)7)53-77-64(69)47-39-31-21-18-17-20-28-36-44-58(4)5/h57-63,68H,9-56H2,1-8H3,(H,73,74)(H,75,76)/t60?,61-,62+,63+/m0/s1. The molecule has 0 aliphatic rings. The number of hydrogen-bond donors (Lipinski definition) is 3. The van der Waals surface area contributed by atoms with E-state index < -0.39 is 97.5 Å². The second-order valence-electron chi connectivity index (χ2n) is 25.9. The van der Waals surface area contributed by atoms with E-state index in [-0.39, 0.29) is 25.7 Å². The molecular weight excluding hydrogens is 1140 g/mol. The lowest BCUT2D eigenvalue weighted by molar-refractivity contribution is -0.161. The van der Waals surface area contributed by atoms with Crippen molar-refractivity contribution in [2.45, 2.75) is 343 Å². The molecular formula is C67H130O17P2. The van der Waals surface area contributed by atoms with Gasteiger partial charge in [0.1, 0.15) is 19.3 Å². The molecule has 0 aromatic heterocycles. The van der Waals surface area contributed by atoms with Gasteiger partial charge < -0.3 is 33.8 Å². The van der Waals surface area contributed by atoms with Crippen LogP contribution in [-0.2, 0) is 65.4 Å². The summed E-state index contributed by atoms with van der Waals surface area (Å²) in [4.78, 5) is 72.3. The summed E-state index contributed by atoms with van der Waals surface area (Å²) in [7, 11) is -9.89. The van der Waals surface area contributed by atoms with E-state index in [1.165, 1.54) is 122 Å². The maximum atomic E-state index is 13.0. The zero-order valence-corrected chi connectivity index (χ0v) is 57.7. The van der Waals surface area contributed by atoms with E-state index in [9.17, 15) is 43.2 Å². The highest BCUT2D eigenvalue weighted by Crippen LogP contribution is 2.45. The van der Waals surface area contributed by atoms with Crippen LogP contribution in [0.4, 0.5) is 0 Å². The molecule has 0 heterocycles. The van der Waals surface area contributed by atoms with Crippen molar-refractivity contribution >= 4 is 39.5 Å². The number of hydrogen-bond acceptors (Lipinski definition) is 15. The van der Waals surface area contributed by atoms with Crippen LogP contribution in [0.3, 0.4) is 0 Å². The highest BCUT2D eigenvalue weighted by Gasteiger charge is 2.30. The van der Waals surface area contributed by atoms with Gasteiger partial charge in [-0.1, -0.05) is 274 Å². The van der Waals surface area contributed by atoms with Crippen LogP contribution in [0, 0.1) is 23.7 Å². The zero-order chi connectivity index (χ0) is 63.9. The fourth-order valence-electron chi connectivity index (χ4n) is 9.93. The van der Waals surface area contributed by atoms with Crippen LogP contribution < -0.4 is 0 Å². The number of aliphatic hydroxyl groups excluding tert-OH is 1. The number of phosphoric ester groups is 2. The van der Waals surface area contributed by atoms with Crippen molar-refractivity contribution in [2.75, 3.05) is 39.6 Å². The predicted molar refractivity (Wildman–Crippen MR) is 344 cm³/mol. The van der Waals surface area contributed by atoms with E-state index in [0.717, 1.165) is 114 Å². The minimum Gasteiger partial charge on any atom is -0.462 e. The SMILES string of the molecule is CCC(C)CCCCCCCCC(=O)OC[C@H](COP(=O)(O)OC[C@H](O)COP(=O)(O)OC[C@@H](COC(=O)CCCCCCCCCCC(C)C)OC(=O)CCCCCCCCC(C)C)OC(=O)CCCCCCCCCCCCCCCC(C)C. The molecule has 0 aromatic carbocycles. The molecule has 19 heteroatoms. The quantitative estimate of drug-likeness (QED) is 0.0222. The number of phosphoric acid groups is 2. The minimum atomic E-state index is -4.95. The summed E-state index contributed by atoms with van der Waals surface area (Å²) in [5.41, 5.74) is 0. The van der Waals surface area contributed by atoms with Crippen LogP contribution in [0.5, 0.6) is 0 Å². The Kier molecular flexibility index (Phi) is 55.7. The lowest BCUT2D eigenvalue weighted by Crippen LogP contribution is -2.30. The van der Waals surface area contributed by atoms with Crippen LogP contribution in [-0.4, -0.2) is 96.7 Å². The Morgan fingerprint density at radius 3 is 0.826 bits per heavy atom. The molecule has 0 aliphatic heterocycles. The lowest BCUT2D eigenvalue weighted by atomic mass is 10.00. The van der Waals surface area contributed by atoms with E-state index >= 15 is 0 Å². The fourth-order valence-corrected chi connectivity index (χ4v) is 11.5. The average Bonchev–Trinajstić information content (AvgIpc) is 3.68. The Morgan fingerprint density at radius 2 is 0.558 bits per heavy atom. The first kappa shape index (κ1) is 84.1. The summed E-state index contributed by atoms with van der Waals surface area (Å²) >= 11 is 0. The first-order valence-electron chi connectivity index (χ1n) is 34.7. The topological polar surface area (TPSA) is 237 Å². The fraction of sp³-hybridized carbons (Fsp3) is 0.940.